The van der Waals surface area contributed by atoms with Crippen LogP contribution in [-0.4, -0.2) is 111 Å². The van der Waals surface area contributed by atoms with Gasteiger partial charge in [0.1, 0.15) is 42.7 Å². The van der Waals surface area contributed by atoms with Gasteiger partial charge in [0.2, 0.25) is 0 Å². The summed E-state index contributed by atoms with van der Waals surface area (Å²) in [7, 11) is 1.39. The molecule has 0 aliphatic carbocycles. The van der Waals surface area contributed by atoms with E-state index in [1.54, 1.807) is 0 Å². The van der Waals surface area contributed by atoms with Crippen molar-refractivity contribution >= 4 is 0 Å². The fraction of sp³-hybridized carbons (Fsp3) is 1.00. The molecule has 10 atom stereocenters. The topological polar surface area (TPSA) is 169 Å². The Morgan fingerprint density at radius 1 is 0.633 bits per heavy atom. The van der Waals surface area contributed by atoms with Crippen molar-refractivity contribution in [2.24, 2.45) is 11.8 Å². The van der Waals surface area contributed by atoms with E-state index in [2.05, 4.69) is 0 Å². The van der Waals surface area contributed by atoms with Crippen LogP contribution in [0.1, 0.15) is 40.5 Å². The van der Waals surface area contributed by atoms with E-state index in [-0.39, 0.29) is 6.61 Å². The minimum atomic E-state index is -1.25. The molecule has 10 heteroatoms. The Balaban J connectivity index is 0.000000300. The van der Waals surface area contributed by atoms with Crippen molar-refractivity contribution in [1.82, 2.24) is 0 Å². The second kappa shape index (κ2) is 12.6. The highest BCUT2D eigenvalue weighted by Crippen LogP contribution is 2.26. The third-order valence-corrected chi connectivity index (χ3v) is 5.30. The SMILES string of the molecule is CC(C)CC1O[C@H](CO)[C@@H](O)[C@H](O)[C@H]1O.CO[C@@H]1OC(CC(C)C)[C@H](O)[C@@H](O)[C@@H]1O. The van der Waals surface area contributed by atoms with E-state index in [9.17, 15) is 30.6 Å². The number of aliphatic hydroxyl groups excluding tert-OH is 7. The molecule has 0 spiro atoms. The monoisotopic (exact) mass is 440 g/mol. The molecule has 2 rings (SSSR count). The first kappa shape index (κ1) is 27.6. The standard InChI is InChI=1S/2C10H20O5/c1-5(2)4-6-7(11)8(12)9(13)10(14-3)15-6;1-5(2)3-6-8(12)10(14)9(13)7(4-11)15-6/h5-13H,4H2,1-3H3;5-14H,3-4H2,1-2H3/t6?,7-,8+,9-,10+;6?,7-,8+,9-,10-/m01/s1. The Morgan fingerprint density at radius 2 is 1.03 bits per heavy atom. The van der Waals surface area contributed by atoms with Crippen molar-refractivity contribution in [3.63, 3.8) is 0 Å². The van der Waals surface area contributed by atoms with Crippen LogP contribution in [0.3, 0.4) is 0 Å². The second-order valence-electron chi connectivity index (χ2n) is 8.88. The van der Waals surface area contributed by atoms with E-state index < -0.39 is 61.2 Å². The molecule has 30 heavy (non-hydrogen) atoms. The summed E-state index contributed by atoms with van der Waals surface area (Å²) in [6, 6.07) is 0. The zero-order valence-corrected chi connectivity index (χ0v) is 18.4. The average molecular weight is 441 g/mol. The Labute approximate surface area is 178 Å². The maximum absolute atomic E-state index is 9.68. The molecule has 180 valence electrons. The van der Waals surface area contributed by atoms with Crippen molar-refractivity contribution in [1.29, 1.82) is 0 Å². The molecule has 0 radical (unpaired) electrons. The third kappa shape index (κ3) is 7.33. The molecular formula is C20H40O10. The van der Waals surface area contributed by atoms with Crippen molar-refractivity contribution in [3.05, 3.63) is 0 Å². The van der Waals surface area contributed by atoms with Crippen LogP contribution in [-0.2, 0) is 14.2 Å². The first-order valence-corrected chi connectivity index (χ1v) is 10.5. The largest absolute Gasteiger partial charge is 0.394 e. The van der Waals surface area contributed by atoms with E-state index in [0.29, 0.717) is 24.7 Å². The fourth-order valence-corrected chi connectivity index (χ4v) is 3.61. The number of rotatable bonds is 6. The second-order valence-corrected chi connectivity index (χ2v) is 8.88. The van der Waals surface area contributed by atoms with Gasteiger partial charge in [0, 0.05) is 7.11 Å². The summed E-state index contributed by atoms with van der Waals surface area (Å²) in [5.74, 6) is 0.649. The van der Waals surface area contributed by atoms with Crippen LogP contribution >= 0.6 is 0 Å². The van der Waals surface area contributed by atoms with Gasteiger partial charge in [-0.1, -0.05) is 27.7 Å². The molecule has 0 bridgehead atoms. The van der Waals surface area contributed by atoms with Crippen LogP contribution in [0.15, 0.2) is 0 Å². The number of hydrogen-bond acceptors (Lipinski definition) is 10. The summed E-state index contributed by atoms with van der Waals surface area (Å²) in [6.07, 6.45) is -8.55. The van der Waals surface area contributed by atoms with Gasteiger partial charge < -0.3 is 50.0 Å². The molecule has 0 aromatic heterocycles. The lowest BCUT2D eigenvalue weighted by Gasteiger charge is -2.40. The van der Waals surface area contributed by atoms with Gasteiger partial charge in [-0.05, 0) is 24.7 Å². The Bertz CT molecular complexity index is 431. The lowest BCUT2D eigenvalue weighted by atomic mass is 9.91. The Morgan fingerprint density at radius 3 is 1.43 bits per heavy atom. The predicted molar refractivity (Wildman–Crippen MR) is 106 cm³/mol. The van der Waals surface area contributed by atoms with Crippen molar-refractivity contribution in [2.45, 2.75) is 102 Å². The third-order valence-electron chi connectivity index (χ3n) is 5.30. The first-order chi connectivity index (χ1) is 13.9. The minimum Gasteiger partial charge on any atom is -0.394 e. The summed E-state index contributed by atoms with van der Waals surface area (Å²) in [6.45, 7) is 7.58. The molecule has 2 fully saturated rings. The molecule has 0 saturated carbocycles. The van der Waals surface area contributed by atoms with E-state index >= 15 is 0 Å². The van der Waals surface area contributed by atoms with Crippen molar-refractivity contribution in [2.75, 3.05) is 13.7 Å². The molecule has 7 N–H and O–H groups in total. The van der Waals surface area contributed by atoms with Crippen LogP contribution in [0.5, 0.6) is 0 Å². The van der Waals surface area contributed by atoms with Gasteiger partial charge in [0.25, 0.3) is 0 Å². The molecule has 2 saturated heterocycles. The highest BCUT2D eigenvalue weighted by atomic mass is 16.7. The smallest absolute Gasteiger partial charge is 0.186 e. The molecule has 10 nitrogen and oxygen atoms in total. The Hall–Kier alpha value is -0.400. The molecule has 2 aliphatic heterocycles. The summed E-state index contributed by atoms with van der Waals surface area (Å²) in [5, 5.41) is 66.3. The summed E-state index contributed by atoms with van der Waals surface area (Å²) in [5.41, 5.74) is 0. The van der Waals surface area contributed by atoms with E-state index in [0.717, 1.165) is 0 Å². The van der Waals surface area contributed by atoms with Crippen LogP contribution in [0.4, 0.5) is 0 Å². The molecule has 2 aliphatic rings. The van der Waals surface area contributed by atoms with Gasteiger partial charge in [-0.3, -0.25) is 0 Å². The lowest BCUT2D eigenvalue weighted by Crippen LogP contribution is -2.58. The average Bonchev–Trinajstić information content (AvgIpc) is 2.68. The molecule has 2 unspecified atom stereocenters. The summed E-state index contributed by atoms with van der Waals surface area (Å²) in [4.78, 5) is 0. The fourth-order valence-electron chi connectivity index (χ4n) is 3.61. The van der Waals surface area contributed by atoms with Gasteiger partial charge in [0.05, 0.1) is 18.8 Å². The molecule has 0 aromatic carbocycles. The van der Waals surface area contributed by atoms with Crippen LogP contribution in [0.25, 0.3) is 0 Å². The van der Waals surface area contributed by atoms with Gasteiger partial charge in [0.15, 0.2) is 6.29 Å². The zero-order chi connectivity index (χ0) is 23.2. The minimum absolute atomic E-state index is 0.312. The normalized spacial score (nSPS) is 42.2. The number of hydrogen-bond donors (Lipinski definition) is 7. The van der Waals surface area contributed by atoms with Crippen LogP contribution in [0.2, 0.25) is 0 Å². The van der Waals surface area contributed by atoms with E-state index in [1.165, 1.54) is 7.11 Å². The first-order valence-electron chi connectivity index (χ1n) is 10.5. The number of aliphatic hydroxyl groups is 7. The van der Waals surface area contributed by atoms with Gasteiger partial charge in [-0.15, -0.1) is 0 Å². The molecule has 0 amide bonds. The van der Waals surface area contributed by atoms with Crippen molar-refractivity contribution < 1.29 is 50.0 Å². The maximum Gasteiger partial charge on any atom is 0.186 e. The molecular weight excluding hydrogens is 400 g/mol. The molecule has 2 heterocycles. The number of ether oxygens (including phenoxy) is 3. The van der Waals surface area contributed by atoms with Crippen LogP contribution in [0, 0.1) is 11.8 Å². The highest BCUT2D eigenvalue weighted by molar-refractivity contribution is 4.92. The van der Waals surface area contributed by atoms with Gasteiger partial charge in [-0.2, -0.15) is 0 Å². The summed E-state index contributed by atoms with van der Waals surface area (Å²) >= 11 is 0. The van der Waals surface area contributed by atoms with E-state index in [4.69, 9.17) is 19.3 Å². The lowest BCUT2D eigenvalue weighted by molar-refractivity contribution is -0.291. The van der Waals surface area contributed by atoms with Gasteiger partial charge >= 0.3 is 0 Å². The maximum atomic E-state index is 9.68. The highest BCUT2D eigenvalue weighted by Gasteiger charge is 2.44. The molecule has 0 aromatic rings. The van der Waals surface area contributed by atoms with E-state index in [1.807, 2.05) is 27.7 Å². The van der Waals surface area contributed by atoms with Crippen LogP contribution < -0.4 is 0 Å². The van der Waals surface area contributed by atoms with Gasteiger partial charge in [-0.25, -0.2) is 0 Å². The quantitative estimate of drug-likeness (QED) is 0.254. The Kier molecular flexibility index (Phi) is 11.6. The number of methoxy groups -OCH3 is 1. The van der Waals surface area contributed by atoms with Crippen molar-refractivity contribution in [3.8, 4) is 0 Å². The zero-order valence-electron chi connectivity index (χ0n) is 18.4. The predicted octanol–water partition coefficient (Wildman–Crippen LogP) is -1.64. The summed E-state index contributed by atoms with van der Waals surface area (Å²) < 4.78 is 15.6.